The zero-order chi connectivity index (χ0) is 19.7. The van der Waals surface area contributed by atoms with Gasteiger partial charge in [-0.1, -0.05) is 60.1 Å². The smallest absolute Gasteiger partial charge is 0.277 e. The van der Waals surface area contributed by atoms with Gasteiger partial charge >= 0.3 is 0 Å². The van der Waals surface area contributed by atoms with E-state index in [9.17, 15) is 10.1 Å². The highest BCUT2D eigenvalue weighted by molar-refractivity contribution is 6.39. The van der Waals surface area contributed by atoms with Gasteiger partial charge in [0, 0.05) is 27.6 Å². The van der Waals surface area contributed by atoms with E-state index in [2.05, 4.69) is 28.7 Å². The van der Waals surface area contributed by atoms with Crippen molar-refractivity contribution in [3.05, 3.63) is 94.0 Å². The van der Waals surface area contributed by atoms with Crippen LogP contribution in [0.4, 0.5) is 5.69 Å². The van der Waals surface area contributed by atoms with Crippen LogP contribution in [0.5, 0.6) is 0 Å². The molecular weight excluding hydrogens is 384 g/mol. The predicted molar refractivity (Wildman–Crippen MR) is 118 cm³/mol. The average Bonchev–Trinajstić information content (AvgIpc) is 3.26. The number of fused-ring (bicyclic) bond motifs is 6. The first-order valence-corrected chi connectivity index (χ1v) is 9.64. The monoisotopic (exact) mass is 396 g/mol. The third-order valence-electron chi connectivity index (χ3n) is 5.71. The molecule has 0 bridgehead atoms. The molecule has 0 aliphatic rings. The molecule has 0 fully saturated rings. The molecule has 5 heteroatoms. The van der Waals surface area contributed by atoms with Crippen LogP contribution in [-0.4, -0.2) is 9.32 Å². The number of nitrogens with zero attached hydrogens (tertiary/aromatic N) is 2. The molecule has 0 saturated heterocycles. The molecule has 138 valence electrons. The summed E-state index contributed by atoms with van der Waals surface area (Å²) in [6.45, 7) is 0. The number of para-hydroxylation sites is 2. The maximum absolute atomic E-state index is 11.7. The molecule has 0 N–H and O–H groups in total. The van der Waals surface area contributed by atoms with E-state index >= 15 is 0 Å². The van der Waals surface area contributed by atoms with Crippen LogP contribution in [0.25, 0.3) is 49.2 Å². The van der Waals surface area contributed by atoms with Crippen LogP contribution in [0.15, 0.2) is 78.9 Å². The minimum Gasteiger partial charge on any atom is -0.308 e. The molecule has 2 heterocycles. The highest BCUT2D eigenvalue weighted by atomic mass is 35.5. The van der Waals surface area contributed by atoms with Crippen molar-refractivity contribution in [3.8, 4) is 11.1 Å². The van der Waals surface area contributed by atoms with Crippen LogP contribution in [-0.2, 0) is 0 Å². The molecule has 0 spiro atoms. The maximum atomic E-state index is 11.7. The number of rotatable bonds is 2. The molecular formula is C24H13ClN2O2. The third-order valence-corrected chi connectivity index (χ3v) is 6.02. The highest BCUT2D eigenvalue weighted by Crippen LogP contribution is 2.45. The number of aromatic nitrogens is 1. The Morgan fingerprint density at radius 3 is 2.14 bits per heavy atom. The Balaban J connectivity index is 1.88. The summed E-state index contributed by atoms with van der Waals surface area (Å²) in [5, 5.41) is 16.6. The lowest BCUT2D eigenvalue weighted by Gasteiger charge is -2.06. The minimum atomic E-state index is -0.320. The van der Waals surface area contributed by atoms with E-state index in [1.165, 1.54) is 0 Å². The summed E-state index contributed by atoms with van der Waals surface area (Å²) in [6.07, 6.45) is 0. The molecule has 0 radical (unpaired) electrons. The highest BCUT2D eigenvalue weighted by Gasteiger charge is 2.23. The van der Waals surface area contributed by atoms with Gasteiger partial charge in [0.1, 0.15) is 0 Å². The van der Waals surface area contributed by atoms with Crippen molar-refractivity contribution in [2.75, 3.05) is 0 Å². The van der Waals surface area contributed by atoms with Crippen LogP contribution in [0.1, 0.15) is 0 Å². The van der Waals surface area contributed by atoms with Gasteiger partial charge in [-0.2, -0.15) is 0 Å². The number of benzene rings is 4. The zero-order valence-electron chi connectivity index (χ0n) is 15.1. The second kappa shape index (κ2) is 5.69. The van der Waals surface area contributed by atoms with E-state index < -0.39 is 0 Å². The molecule has 4 aromatic carbocycles. The SMILES string of the molecule is O=[N+]([O-])c1ccccc1-c1cccc2c1c1cccc3c4c(Cl)cccc4n2c31. The lowest BCUT2D eigenvalue weighted by atomic mass is 9.97. The van der Waals surface area contributed by atoms with Crippen LogP contribution < -0.4 is 0 Å². The first kappa shape index (κ1) is 16.3. The summed E-state index contributed by atoms with van der Waals surface area (Å²) in [5.74, 6) is 0. The number of nitro groups is 1. The van der Waals surface area contributed by atoms with Gasteiger partial charge in [0.05, 0.1) is 32.1 Å². The molecule has 0 atom stereocenters. The predicted octanol–water partition coefficient (Wildman–Crippen LogP) is 7.07. The molecule has 0 aliphatic heterocycles. The quantitative estimate of drug-likeness (QED) is 0.232. The Hall–Kier alpha value is -3.63. The first-order valence-electron chi connectivity index (χ1n) is 9.26. The van der Waals surface area contributed by atoms with Crippen molar-refractivity contribution < 1.29 is 4.92 Å². The van der Waals surface area contributed by atoms with E-state index in [1.54, 1.807) is 12.1 Å². The van der Waals surface area contributed by atoms with Crippen molar-refractivity contribution >= 4 is 55.4 Å². The Morgan fingerprint density at radius 1 is 0.724 bits per heavy atom. The Labute approximate surface area is 170 Å². The number of hydrogen-bond donors (Lipinski definition) is 0. The summed E-state index contributed by atoms with van der Waals surface area (Å²) in [6, 6.07) is 25.0. The number of hydrogen-bond acceptors (Lipinski definition) is 2. The molecule has 4 nitrogen and oxygen atoms in total. The summed E-state index contributed by atoms with van der Waals surface area (Å²) in [5.41, 5.74) is 4.75. The molecule has 0 unspecified atom stereocenters. The molecule has 2 aromatic heterocycles. The minimum absolute atomic E-state index is 0.109. The van der Waals surface area contributed by atoms with Crippen molar-refractivity contribution in [2.24, 2.45) is 0 Å². The summed E-state index contributed by atoms with van der Waals surface area (Å²) < 4.78 is 2.22. The first-order chi connectivity index (χ1) is 14.2. The van der Waals surface area contributed by atoms with Gasteiger partial charge in [-0.25, -0.2) is 0 Å². The maximum Gasteiger partial charge on any atom is 0.277 e. The van der Waals surface area contributed by atoms with Crippen LogP contribution in [0.3, 0.4) is 0 Å². The molecule has 6 aromatic rings. The Morgan fingerprint density at radius 2 is 1.34 bits per heavy atom. The number of nitro benzene ring substituents is 1. The zero-order valence-corrected chi connectivity index (χ0v) is 15.9. The Kier molecular flexibility index (Phi) is 3.20. The van der Waals surface area contributed by atoms with Gasteiger partial charge in [-0.3, -0.25) is 10.1 Å². The van der Waals surface area contributed by atoms with Gasteiger partial charge < -0.3 is 4.40 Å². The van der Waals surface area contributed by atoms with Crippen LogP contribution in [0.2, 0.25) is 5.02 Å². The summed E-state index contributed by atoms with van der Waals surface area (Å²) >= 11 is 6.55. The lowest BCUT2D eigenvalue weighted by Crippen LogP contribution is -1.92. The fourth-order valence-electron chi connectivity index (χ4n) is 4.62. The largest absolute Gasteiger partial charge is 0.308 e. The van der Waals surface area contributed by atoms with Gasteiger partial charge in [0.15, 0.2) is 0 Å². The topological polar surface area (TPSA) is 47.5 Å². The standard InChI is InChI=1S/C24H13ClN2O2/c25-18-10-5-13-21-23(18)17-9-3-8-16-22-15(7-4-12-20(22)26(21)24(16)17)14-6-1-2-11-19(14)27(28)29/h1-13H. The average molecular weight is 397 g/mol. The van der Waals surface area contributed by atoms with Crippen molar-refractivity contribution in [2.45, 2.75) is 0 Å². The third kappa shape index (κ3) is 2.04. The van der Waals surface area contributed by atoms with E-state index in [4.69, 9.17) is 11.6 Å². The van der Waals surface area contributed by atoms with E-state index in [-0.39, 0.29) is 10.6 Å². The second-order valence-electron chi connectivity index (χ2n) is 7.15. The van der Waals surface area contributed by atoms with Gasteiger partial charge in [-0.05, 0) is 29.8 Å². The summed E-state index contributed by atoms with van der Waals surface area (Å²) in [7, 11) is 0. The summed E-state index contributed by atoms with van der Waals surface area (Å²) in [4.78, 5) is 11.3. The van der Waals surface area contributed by atoms with Crippen LogP contribution in [0, 0.1) is 10.1 Å². The Bertz CT molecular complexity index is 1600. The molecule has 0 amide bonds. The lowest BCUT2D eigenvalue weighted by molar-refractivity contribution is -0.384. The van der Waals surface area contributed by atoms with Gasteiger partial charge in [0.25, 0.3) is 5.69 Å². The van der Waals surface area contributed by atoms with Crippen molar-refractivity contribution in [3.63, 3.8) is 0 Å². The van der Waals surface area contributed by atoms with E-state index in [0.29, 0.717) is 5.56 Å². The van der Waals surface area contributed by atoms with E-state index in [0.717, 1.165) is 48.7 Å². The van der Waals surface area contributed by atoms with Crippen LogP contribution >= 0.6 is 11.6 Å². The molecule has 0 aliphatic carbocycles. The molecule has 6 rings (SSSR count). The molecule has 29 heavy (non-hydrogen) atoms. The van der Waals surface area contributed by atoms with Gasteiger partial charge in [-0.15, -0.1) is 0 Å². The van der Waals surface area contributed by atoms with Crippen molar-refractivity contribution in [1.82, 2.24) is 4.40 Å². The van der Waals surface area contributed by atoms with Crippen molar-refractivity contribution in [1.29, 1.82) is 0 Å². The second-order valence-corrected chi connectivity index (χ2v) is 7.55. The van der Waals surface area contributed by atoms with E-state index in [1.807, 2.05) is 42.5 Å². The normalized spacial score (nSPS) is 11.9. The fourth-order valence-corrected chi connectivity index (χ4v) is 4.89. The number of halogens is 1. The fraction of sp³-hybridized carbons (Fsp3) is 0. The van der Waals surface area contributed by atoms with Gasteiger partial charge in [0.2, 0.25) is 0 Å². The molecule has 0 saturated carbocycles.